The molecule has 0 unspecified atom stereocenters. The number of carbonyl (C=O) groups is 2. The maximum absolute atomic E-state index is 13.5. The number of halogens is 1. The van der Waals surface area contributed by atoms with Crippen LogP contribution >= 0.6 is 11.6 Å². The molecule has 0 atom stereocenters. The number of methoxy groups -OCH3 is 1. The molecule has 0 amide bonds. The highest BCUT2D eigenvalue weighted by molar-refractivity contribution is 7.90. The van der Waals surface area contributed by atoms with Crippen LogP contribution in [0.5, 0.6) is 5.88 Å². The van der Waals surface area contributed by atoms with Crippen LogP contribution < -0.4 is 4.74 Å². The van der Waals surface area contributed by atoms with E-state index in [4.69, 9.17) is 21.1 Å². The number of carbonyl (C=O) groups excluding carboxylic acids is 2. The Kier molecular flexibility index (Phi) is 7.71. The van der Waals surface area contributed by atoms with E-state index in [0.717, 1.165) is 11.8 Å². The summed E-state index contributed by atoms with van der Waals surface area (Å²) >= 11 is 6.47. The molecule has 3 rings (SSSR count). The lowest BCUT2D eigenvalue weighted by Crippen LogP contribution is -2.13. The van der Waals surface area contributed by atoms with Crippen LogP contribution in [0, 0.1) is 6.92 Å². The minimum absolute atomic E-state index is 0.0310. The van der Waals surface area contributed by atoms with Gasteiger partial charge in [-0.25, -0.2) is 17.9 Å². The van der Waals surface area contributed by atoms with Crippen LogP contribution in [0.2, 0.25) is 5.02 Å². The van der Waals surface area contributed by atoms with Gasteiger partial charge in [-0.05, 0) is 30.7 Å². The number of rotatable bonds is 8. The molecule has 1 heterocycles. The van der Waals surface area contributed by atoms with E-state index >= 15 is 0 Å². The third kappa shape index (κ3) is 5.44. The predicted molar refractivity (Wildman–Crippen MR) is 128 cm³/mol. The Morgan fingerprint density at radius 3 is 2.44 bits per heavy atom. The first-order valence-electron chi connectivity index (χ1n) is 10.1. The molecule has 0 fully saturated rings. The van der Waals surface area contributed by atoms with E-state index in [0.29, 0.717) is 5.69 Å². The van der Waals surface area contributed by atoms with Gasteiger partial charge in [-0.15, -0.1) is 0 Å². The summed E-state index contributed by atoms with van der Waals surface area (Å²) in [5, 5.41) is 4.15. The van der Waals surface area contributed by atoms with Crippen molar-refractivity contribution in [3.8, 4) is 5.88 Å². The number of aromatic nitrogens is 2. The average Bonchev–Trinajstić information content (AvgIpc) is 3.05. The van der Waals surface area contributed by atoms with Gasteiger partial charge in [0.2, 0.25) is 11.7 Å². The summed E-state index contributed by atoms with van der Waals surface area (Å²) in [6.45, 7) is 1.49. The molecule has 0 bridgehead atoms. The Morgan fingerprint density at radius 1 is 1.15 bits per heavy atom. The Balaban J connectivity index is 2.00. The Labute approximate surface area is 202 Å². The molecule has 178 valence electrons. The van der Waals surface area contributed by atoms with E-state index in [1.165, 1.54) is 37.0 Å². The number of sulfone groups is 1. The van der Waals surface area contributed by atoms with E-state index in [2.05, 4.69) is 5.10 Å². The summed E-state index contributed by atoms with van der Waals surface area (Å²) in [5.41, 5.74) is 1.37. The van der Waals surface area contributed by atoms with Crippen LogP contribution in [0.3, 0.4) is 0 Å². The first-order chi connectivity index (χ1) is 16.0. The van der Waals surface area contributed by atoms with Crippen LogP contribution in [0.15, 0.2) is 53.4 Å². The van der Waals surface area contributed by atoms with Crippen molar-refractivity contribution in [2.45, 2.75) is 18.4 Å². The first kappa shape index (κ1) is 25.4. The molecule has 8 nitrogen and oxygen atoms in total. The van der Waals surface area contributed by atoms with E-state index in [1.54, 1.807) is 13.0 Å². The van der Waals surface area contributed by atoms with Gasteiger partial charge in [0.15, 0.2) is 9.84 Å². The number of ketones is 1. The summed E-state index contributed by atoms with van der Waals surface area (Å²) in [7, 11) is -0.681. The van der Waals surface area contributed by atoms with Crippen molar-refractivity contribution in [1.29, 1.82) is 0 Å². The highest BCUT2D eigenvalue weighted by Gasteiger charge is 2.28. The number of hydrogen-bond acceptors (Lipinski definition) is 7. The third-order valence-electron chi connectivity index (χ3n) is 4.94. The van der Waals surface area contributed by atoms with Crippen molar-refractivity contribution in [3.05, 3.63) is 81.5 Å². The predicted octanol–water partition coefficient (Wildman–Crippen LogP) is 3.78. The van der Waals surface area contributed by atoms with Crippen LogP contribution in [0.25, 0.3) is 6.08 Å². The molecule has 0 aliphatic rings. The Hall–Kier alpha value is -3.27. The standard InChI is InChI=1S/C24H23ClN2O6S/c1-15-21(23(29)17-11-12-19(34(4,30)31)18(14-32-3)22(17)25)24(27(2)26-15)33-20(28)13-10-16-8-6-5-7-9-16/h5-13H,14H2,1-4H3/b13-10+. The Bertz CT molecular complexity index is 1380. The zero-order valence-corrected chi connectivity index (χ0v) is 20.6. The van der Waals surface area contributed by atoms with Gasteiger partial charge in [0, 0.05) is 37.6 Å². The molecule has 0 aliphatic carbocycles. The smallest absolute Gasteiger partial charge is 0.337 e. The van der Waals surface area contributed by atoms with Crippen LogP contribution in [0.1, 0.15) is 32.7 Å². The van der Waals surface area contributed by atoms with Crippen molar-refractivity contribution >= 4 is 39.3 Å². The number of ether oxygens (including phenoxy) is 2. The summed E-state index contributed by atoms with van der Waals surface area (Å²) in [4.78, 5) is 25.9. The molecule has 10 heteroatoms. The number of aryl methyl sites for hydroxylation is 2. The lowest BCUT2D eigenvalue weighted by atomic mass is 10.0. The number of hydrogen-bond donors (Lipinski definition) is 0. The highest BCUT2D eigenvalue weighted by Crippen LogP contribution is 2.33. The molecule has 0 N–H and O–H groups in total. The van der Waals surface area contributed by atoms with Crippen molar-refractivity contribution < 1.29 is 27.5 Å². The van der Waals surface area contributed by atoms with Crippen LogP contribution in [-0.4, -0.2) is 43.3 Å². The normalized spacial score (nSPS) is 11.7. The summed E-state index contributed by atoms with van der Waals surface area (Å²) < 4.78 is 36.1. The van der Waals surface area contributed by atoms with Crippen LogP contribution in [0.4, 0.5) is 0 Å². The van der Waals surface area contributed by atoms with Crippen molar-refractivity contribution in [3.63, 3.8) is 0 Å². The number of nitrogens with zero attached hydrogens (tertiary/aromatic N) is 2. The van der Waals surface area contributed by atoms with Gasteiger partial charge < -0.3 is 9.47 Å². The number of benzene rings is 2. The maximum atomic E-state index is 13.5. The van der Waals surface area contributed by atoms with Gasteiger partial charge in [-0.1, -0.05) is 41.9 Å². The van der Waals surface area contributed by atoms with E-state index in [1.807, 2.05) is 30.3 Å². The molecule has 0 aliphatic heterocycles. The molecule has 34 heavy (non-hydrogen) atoms. The fraction of sp³-hybridized carbons (Fsp3) is 0.208. The lowest BCUT2D eigenvalue weighted by Gasteiger charge is -2.13. The van der Waals surface area contributed by atoms with Gasteiger partial charge in [0.25, 0.3) is 0 Å². The van der Waals surface area contributed by atoms with E-state index in [9.17, 15) is 18.0 Å². The van der Waals surface area contributed by atoms with E-state index < -0.39 is 21.6 Å². The quantitative estimate of drug-likeness (QED) is 0.262. The van der Waals surface area contributed by atoms with Gasteiger partial charge in [-0.3, -0.25) is 4.79 Å². The lowest BCUT2D eigenvalue weighted by molar-refractivity contribution is -0.129. The monoisotopic (exact) mass is 502 g/mol. The highest BCUT2D eigenvalue weighted by atomic mass is 35.5. The molecule has 1 aromatic heterocycles. The summed E-state index contributed by atoms with van der Waals surface area (Å²) in [6.07, 6.45) is 3.88. The van der Waals surface area contributed by atoms with E-state index in [-0.39, 0.29) is 39.1 Å². The summed E-state index contributed by atoms with van der Waals surface area (Å²) in [6, 6.07) is 11.8. The molecule has 2 aromatic carbocycles. The van der Waals surface area contributed by atoms with Crippen LogP contribution in [-0.2, 0) is 33.0 Å². The van der Waals surface area contributed by atoms with Gasteiger partial charge >= 0.3 is 5.97 Å². The zero-order chi connectivity index (χ0) is 25.0. The largest absolute Gasteiger partial charge is 0.404 e. The minimum atomic E-state index is -3.61. The van der Waals surface area contributed by atoms with Crippen molar-refractivity contribution in [2.75, 3.05) is 13.4 Å². The van der Waals surface area contributed by atoms with Gasteiger partial charge in [0.05, 0.1) is 22.2 Å². The number of esters is 1. The fourth-order valence-corrected chi connectivity index (χ4v) is 4.70. The molecule has 0 radical (unpaired) electrons. The third-order valence-corrected chi connectivity index (χ3v) is 6.55. The second-order valence-corrected chi connectivity index (χ2v) is 9.85. The second-order valence-electron chi connectivity index (χ2n) is 7.49. The topological polar surface area (TPSA) is 105 Å². The molecule has 0 spiro atoms. The Morgan fingerprint density at radius 2 is 1.82 bits per heavy atom. The average molecular weight is 503 g/mol. The molecule has 0 saturated heterocycles. The SMILES string of the molecule is COCc1c(S(C)(=O)=O)ccc(C(=O)c2c(C)nn(C)c2OC(=O)/C=C/c2ccccc2)c1Cl. The van der Waals surface area contributed by atoms with Crippen molar-refractivity contribution in [1.82, 2.24) is 9.78 Å². The maximum Gasteiger partial charge on any atom is 0.337 e. The zero-order valence-electron chi connectivity index (χ0n) is 19.0. The molecular weight excluding hydrogens is 480 g/mol. The molecule has 0 saturated carbocycles. The molecular formula is C24H23ClN2O6S. The van der Waals surface area contributed by atoms with Gasteiger partial charge in [0.1, 0.15) is 5.56 Å². The van der Waals surface area contributed by atoms with Crippen molar-refractivity contribution in [2.24, 2.45) is 7.05 Å². The molecule has 3 aromatic rings. The van der Waals surface area contributed by atoms with Gasteiger partial charge in [-0.2, -0.15) is 5.10 Å². The fourth-order valence-electron chi connectivity index (χ4n) is 3.41. The second kappa shape index (κ2) is 10.3. The summed E-state index contributed by atoms with van der Waals surface area (Å²) in [5.74, 6) is -1.32. The first-order valence-corrected chi connectivity index (χ1v) is 12.3. The minimum Gasteiger partial charge on any atom is -0.404 e.